The molecule has 2 heterocycles. The van der Waals surface area contributed by atoms with E-state index in [1.807, 2.05) is 12.1 Å². The largest absolute Gasteiger partial charge is 0.318 e. The number of hydrogen-bond acceptors (Lipinski definition) is 0. The third-order valence-corrected chi connectivity index (χ3v) is 9.89. The second kappa shape index (κ2) is 9.81. The summed E-state index contributed by atoms with van der Waals surface area (Å²) in [5.74, 6) is 0. The molecule has 4 heteroatoms. The normalized spacial score (nSPS) is 11.7. The zero-order chi connectivity index (χ0) is 31.9. The van der Waals surface area contributed by atoms with E-state index in [0.29, 0.717) is 17.1 Å². The first-order valence-corrected chi connectivity index (χ1v) is 15.9. The van der Waals surface area contributed by atoms with E-state index in [1.165, 1.54) is 10.8 Å². The van der Waals surface area contributed by atoms with Gasteiger partial charge in [0, 0.05) is 26.9 Å². The molecule has 0 radical (unpaired) electrons. The summed E-state index contributed by atoms with van der Waals surface area (Å²) in [6.45, 7) is 16.7. The lowest BCUT2D eigenvalue weighted by atomic mass is 9.97. The minimum Gasteiger partial charge on any atom is -0.318 e. The topological polar surface area (TPSA) is 18.6 Å². The van der Waals surface area contributed by atoms with E-state index in [1.54, 1.807) is 0 Å². The molecule has 48 heavy (non-hydrogen) atoms. The molecule has 0 saturated heterocycles. The maximum absolute atomic E-state index is 8.56. The molecule has 0 bridgehead atoms. The molecule has 220 valence electrons. The van der Waals surface area contributed by atoms with Gasteiger partial charge in [-0.3, -0.25) is 4.85 Å². The van der Waals surface area contributed by atoms with Gasteiger partial charge in [0.15, 0.2) is 5.69 Å². The summed E-state index contributed by atoms with van der Waals surface area (Å²) >= 11 is 0. The Morgan fingerprint density at radius 2 is 0.979 bits per heavy atom. The Morgan fingerprint density at radius 1 is 0.417 bits per heavy atom. The van der Waals surface area contributed by atoms with Crippen molar-refractivity contribution in [2.24, 2.45) is 0 Å². The van der Waals surface area contributed by atoms with Crippen LogP contribution >= 0.6 is 0 Å². The van der Waals surface area contributed by atoms with Crippen molar-refractivity contribution in [1.82, 2.24) is 9.13 Å². The molecule has 10 rings (SSSR count). The number of rotatable bonds is 2. The van der Waals surface area contributed by atoms with Crippen LogP contribution in [-0.4, -0.2) is 9.13 Å². The third-order valence-electron chi connectivity index (χ3n) is 9.89. The van der Waals surface area contributed by atoms with Crippen LogP contribution in [0.4, 0.5) is 11.4 Å². The highest BCUT2D eigenvalue weighted by Crippen LogP contribution is 2.48. The van der Waals surface area contributed by atoms with Gasteiger partial charge in [-0.15, -0.1) is 0 Å². The number of fused-ring (bicyclic) bond motifs is 12. The van der Waals surface area contributed by atoms with Crippen LogP contribution in [0.3, 0.4) is 0 Å². The van der Waals surface area contributed by atoms with Crippen molar-refractivity contribution in [2.45, 2.75) is 0 Å². The van der Waals surface area contributed by atoms with E-state index in [9.17, 15) is 0 Å². The van der Waals surface area contributed by atoms with Gasteiger partial charge in [-0.25, -0.2) is 4.85 Å². The Hall–Kier alpha value is -6.88. The summed E-state index contributed by atoms with van der Waals surface area (Å²) in [6.07, 6.45) is 0. The van der Waals surface area contributed by atoms with Crippen molar-refractivity contribution >= 4 is 87.3 Å². The molecule has 0 amide bonds. The SMILES string of the molecule is [C-]#[N+]c1ccc(-n2c3ccccc3c3cc4ccccc4cc32)c(-n2c3ccccc3c3c4ccccc4c4ccccc4c32)c1[N+]#[C-]. The average molecular weight is 609 g/mol. The molecule has 2 aromatic heterocycles. The summed E-state index contributed by atoms with van der Waals surface area (Å²) in [6, 6.07) is 50.9. The molecule has 0 fully saturated rings. The number of hydrogen-bond donors (Lipinski definition) is 0. The van der Waals surface area contributed by atoms with Crippen molar-refractivity contribution in [2.75, 3.05) is 0 Å². The van der Waals surface area contributed by atoms with Gasteiger partial charge < -0.3 is 9.13 Å². The van der Waals surface area contributed by atoms with Crippen LogP contribution in [0.2, 0.25) is 0 Å². The quantitative estimate of drug-likeness (QED) is 0.137. The van der Waals surface area contributed by atoms with Crippen molar-refractivity contribution in [1.29, 1.82) is 0 Å². The van der Waals surface area contributed by atoms with Gasteiger partial charge in [0.25, 0.3) is 0 Å². The molecule has 0 spiro atoms. The third kappa shape index (κ3) is 3.41. The van der Waals surface area contributed by atoms with Crippen molar-refractivity contribution < 1.29 is 0 Å². The standard InChI is InChI=1S/C44H24N4/c1-45-36-23-24-39(47-37-21-11-9-17-31(37)35-25-27-13-3-4-14-28(27)26-40(35)47)44(42(36)46-2)48-38-22-12-10-20-34(38)41-32-18-7-5-15-29(32)30-16-6-8-19-33(30)43(41)48/h3-26H. The minimum absolute atomic E-state index is 0.339. The van der Waals surface area contributed by atoms with Crippen molar-refractivity contribution in [3.8, 4) is 11.4 Å². The molecule has 0 aliphatic heterocycles. The van der Waals surface area contributed by atoms with Gasteiger partial charge in [-0.05, 0) is 57.3 Å². The summed E-state index contributed by atoms with van der Waals surface area (Å²) < 4.78 is 4.55. The van der Waals surface area contributed by atoms with Gasteiger partial charge in [-0.1, -0.05) is 115 Å². The smallest absolute Gasteiger partial charge is 0.220 e. The van der Waals surface area contributed by atoms with E-state index in [4.69, 9.17) is 13.1 Å². The number of benzene rings is 8. The lowest BCUT2D eigenvalue weighted by molar-refractivity contribution is 1.10. The van der Waals surface area contributed by atoms with Gasteiger partial charge in [-0.2, -0.15) is 0 Å². The molecule has 0 aliphatic rings. The number of aromatic nitrogens is 2. The van der Waals surface area contributed by atoms with Crippen LogP contribution in [0.25, 0.3) is 97.0 Å². The first-order valence-electron chi connectivity index (χ1n) is 15.9. The highest BCUT2D eigenvalue weighted by Gasteiger charge is 2.26. The second-order valence-corrected chi connectivity index (χ2v) is 12.3. The van der Waals surface area contributed by atoms with E-state index >= 15 is 0 Å². The first-order chi connectivity index (χ1) is 23.8. The second-order valence-electron chi connectivity index (χ2n) is 12.3. The van der Waals surface area contributed by atoms with Gasteiger partial charge >= 0.3 is 0 Å². The molecule has 8 aromatic carbocycles. The minimum atomic E-state index is 0.339. The van der Waals surface area contributed by atoms with E-state index in [2.05, 4.69) is 152 Å². The van der Waals surface area contributed by atoms with Crippen molar-refractivity contribution in [3.63, 3.8) is 0 Å². The van der Waals surface area contributed by atoms with E-state index in [0.717, 1.165) is 70.8 Å². The van der Waals surface area contributed by atoms with Crippen LogP contribution in [0.1, 0.15) is 0 Å². The molecule has 4 nitrogen and oxygen atoms in total. The van der Waals surface area contributed by atoms with Gasteiger partial charge in [0.05, 0.1) is 46.6 Å². The average Bonchev–Trinajstić information content (AvgIpc) is 3.66. The fraction of sp³-hybridized carbons (Fsp3) is 0. The van der Waals surface area contributed by atoms with Gasteiger partial charge in [0.1, 0.15) is 0 Å². The monoisotopic (exact) mass is 608 g/mol. The lowest BCUT2D eigenvalue weighted by Gasteiger charge is -2.20. The lowest BCUT2D eigenvalue weighted by Crippen LogP contribution is -2.04. The molecule has 0 atom stereocenters. The Balaban J connectivity index is 1.48. The summed E-state index contributed by atoms with van der Waals surface area (Å²) in [5.41, 5.74) is 6.37. The van der Waals surface area contributed by atoms with E-state index in [-0.39, 0.29) is 0 Å². The Kier molecular flexibility index (Phi) is 5.38. The number of para-hydroxylation sites is 2. The number of nitrogens with zero attached hydrogens (tertiary/aromatic N) is 4. The Morgan fingerprint density at radius 3 is 1.69 bits per heavy atom. The van der Waals surface area contributed by atoms with Crippen LogP contribution in [0, 0.1) is 13.1 Å². The molecular formula is C44H24N4. The molecule has 10 aromatic rings. The van der Waals surface area contributed by atoms with E-state index < -0.39 is 0 Å². The van der Waals surface area contributed by atoms with Crippen molar-refractivity contribution in [3.05, 3.63) is 168 Å². The first kappa shape index (κ1) is 26.3. The maximum atomic E-state index is 8.56. The van der Waals surface area contributed by atoms with Crippen LogP contribution in [-0.2, 0) is 0 Å². The summed E-state index contributed by atoms with van der Waals surface area (Å²) in [7, 11) is 0. The molecule has 0 N–H and O–H groups in total. The molecular weight excluding hydrogens is 585 g/mol. The zero-order valence-electron chi connectivity index (χ0n) is 25.6. The summed E-state index contributed by atoms with van der Waals surface area (Å²) in [4.78, 5) is 8.02. The predicted molar refractivity (Wildman–Crippen MR) is 200 cm³/mol. The predicted octanol–water partition coefficient (Wildman–Crippen LogP) is 12.4. The maximum Gasteiger partial charge on any atom is 0.220 e. The Labute approximate surface area is 275 Å². The fourth-order valence-electron chi connectivity index (χ4n) is 7.93. The highest BCUT2D eigenvalue weighted by atomic mass is 15.1. The van der Waals surface area contributed by atoms with Gasteiger partial charge in [0.2, 0.25) is 5.69 Å². The van der Waals surface area contributed by atoms with Crippen LogP contribution < -0.4 is 0 Å². The molecule has 0 unspecified atom stereocenters. The molecule has 0 saturated carbocycles. The zero-order valence-corrected chi connectivity index (χ0v) is 25.6. The highest BCUT2D eigenvalue weighted by molar-refractivity contribution is 6.32. The fourth-order valence-corrected chi connectivity index (χ4v) is 7.93. The van der Waals surface area contributed by atoms with Crippen LogP contribution in [0.15, 0.2) is 146 Å². The molecule has 0 aliphatic carbocycles. The Bertz CT molecular complexity index is 3090. The van der Waals surface area contributed by atoms with Crippen LogP contribution in [0.5, 0.6) is 0 Å². The summed E-state index contributed by atoms with van der Waals surface area (Å²) in [5, 5.41) is 11.5.